The van der Waals surface area contributed by atoms with E-state index in [1.54, 1.807) is 0 Å². The summed E-state index contributed by atoms with van der Waals surface area (Å²) in [5.41, 5.74) is -0.0930. The van der Waals surface area contributed by atoms with Crippen LogP contribution >= 0.6 is 23.2 Å². The highest BCUT2D eigenvalue weighted by Crippen LogP contribution is 2.32. The first-order chi connectivity index (χ1) is 9.38. The molecule has 0 unspecified atom stereocenters. The van der Waals surface area contributed by atoms with Gasteiger partial charge in [-0.25, -0.2) is 13.2 Å². The number of anilines is 1. The maximum Gasteiger partial charge on any atom is 0.182 e. The number of benzene rings is 2. The van der Waals surface area contributed by atoms with Gasteiger partial charge in [0.2, 0.25) is 0 Å². The molecule has 2 rings (SSSR count). The number of phenols is 1. The summed E-state index contributed by atoms with van der Waals surface area (Å²) in [6, 6.07) is 3.99. The van der Waals surface area contributed by atoms with Crippen LogP contribution in [0.15, 0.2) is 24.3 Å². The zero-order chi connectivity index (χ0) is 14.9. The number of hydrogen-bond donors (Lipinski definition) is 2. The zero-order valence-corrected chi connectivity index (χ0v) is 11.4. The molecule has 0 amide bonds. The molecule has 106 valence electrons. The third kappa shape index (κ3) is 3.11. The molecule has 0 radical (unpaired) electrons. The minimum atomic E-state index is -1.30. The van der Waals surface area contributed by atoms with Gasteiger partial charge in [-0.1, -0.05) is 23.2 Å². The first kappa shape index (κ1) is 14.8. The van der Waals surface area contributed by atoms with Crippen molar-refractivity contribution in [3.8, 4) is 5.75 Å². The van der Waals surface area contributed by atoms with E-state index < -0.39 is 17.5 Å². The smallest absolute Gasteiger partial charge is 0.182 e. The molecule has 0 aromatic heterocycles. The van der Waals surface area contributed by atoms with Gasteiger partial charge in [-0.05, 0) is 12.1 Å². The van der Waals surface area contributed by atoms with Crippen LogP contribution in [0.1, 0.15) is 5.56 Å². The van der Waals surface area contributed by atoms with Gasteiger partial charge in [-0.2, -0.15) is 0 Å². The summed E-state index contributed by atoms with van der Waals surface area (Å²) in [4.78, 5) is 0. The van der Waals surface area contributed by atoms with Crippen molar-refractivity contribution in [3.63, 3.8) is 0 Å². The fourth-order valence-corrected chi connectivity index (χ4v) is 2.16. The zero-order valence-electron chi connectivity index (χ0n) is 9.85. The van der Waals surface area contributed by atoms with Crippen molar-refractivity contribution < 1.29 is 18.3 Å². The van der Waals surface area contributed by atoms with Gasteiger partial charge in [0.1, 0.15) is 11.6 Å². The van der Waals surface area contributed by atoms with Crippen molar-refractivity contribution >= 4 is 28.9 Å². The fourth-order valence-electron chi connectivity index (χ4n) is 1.63. The molecule has 2 N–H and O–H groups in total. The quantitative estimate of drug-likeness (QED) is 0.801. The minimum Gasteiger partial charge on any atom is -0.506 e. The average molecular weight is 322 g/mol. The van der Waals surface area contributed by atoms with E-state index in [0.717, 1.165) is 6.07 Å². The van der Waals surface area contributed by atoms with Gasteiger partial charge in [0, 0.05) is 29.3 Å². The Morgan fingerprint density at radius 1 is 1.05 bits per heavy atom. The molecule has 0 spiro atoms. The standard InChI is InChI=1S/C13H8Cl2F3NO/c14-7-1-6(13(20)9(15)2-7)5-19-11-4-8(16)3-10(17)12(11)18/h1-4,19-20H,5H2. The molecule has 0 saturated heterocycles. The normalized spacial score (nSPS) is 10.7. The number of rotatable bonds is 3. The highest BCUT2D eigenvalue weighted by Gasteiger charge is 2.13. The van der Waals surface area contributed by atoms with E-state index in [4.69, 9.17) is 23.2 Å². The maximum absolute atomic E-state index is 13.4. The van der Waals surface area contributed by atoms with Crippen LogP contribution in [-0.4, -0.2) is 5.11 Å². The highest BCUT2D eigenvalue weighted by molar-refractivity contribution is 6.35. The van der Waals surface area contributed by atoms with Crippen LogP contribution in [-0.2, 0) is 6.54 Å². The predicted molar refractivity (Wildman–Crippen MR) is 71.8 cm³/mol. The summed E-state index contributed by atoms with van der Waals surface area (Å²) in [7, 11) is 0. The van der Waals surface area contributed by atoms with Crippen molar-refractivity contribution in [2.45, 2.75) is 6.54 Å². The molecular formula is C13H8Cl2F3NO. The molecular weight excluding hydrogens is 314 g/mol. The van der Waals surface area contributed by atoms with E-state index in [9.17, 15) is 18.3 Å². The average Bonchev–Trinajstić information content (AvgIpc) is 2.37. The van der Waals surface area contributed by atoms with Gasteiger partial charge in [0.25, 0.3) is 0 Å². The Morgan fingerprint density at radius 2 is 1.75 bits per heavy atom. The van der Waals surface area contributed by atoms with Crippen molar-refractivity contribution in [3.05, 3.63) is 57.3 Å². The van der Waals surface area contributed by atoms with Crippen LogP contribution < -0.4 is 5.32 Å². The third-order valence-electron chi connectivity index (χ3n) is 2.57. The second-order valence-electron chi connectivity index (χ2n) is 4.00. The molecule has 0 fully saturated rings. The molecule has 0 aliphatic carbocycles. The molecule has 0 heterocycles. The molecule has 0 aliphatic heterocycles. The lowest BCUT2D eigenvalue weighted by Gasteiger charge is -2.11. The Hall–Kier alpha value is -1.59. The third-order valence-corrected chi connectivity index (χ3v) is 3.08. The first-order valence-corrected chi connectivity index (χ1v) is 6.19. The van der Waals surface area contributed by atoms with Gasteiger partial charge in [0.05, 0.1) is 10.7 Å². The van der Waals surface area contributed by atoms with E-state index in [1.165, 1.54) is 12.1 Å². The topological polar surface area (TPSA) is 32.3 Å². The maximum atomic E-state index is 13.4. The summed E-state index contributed by atoms with van der Waals surface area (Å²) in [5.74, 6) is -3.67. The summed E-state index contributed by atoms with van der Waals surface area (Å²) in [6.07, 6.45) is 0. The monoisotopic (exact) mass is 321 g/mol. The lowest BCUT2D eigenvalue weighted by atomic mass is 10.2. The largest absolute Gasteiger partial charge is 0.506 e. The minimum absolute atomic E-state index is 0.0280. The number of aromatic hydroxyl groups is 1. The molecule has 20 heavy (non-hydrogen) atoms. The van der Waals surface area contributed by atoms with Crippen LogP contribution in [0.5, 0.6) is 5.75 Å². The van der Waals surface area contributed by atoms with Gasteiger partial charge >= 0.3 is 0 Å². The van der Waals surface area contributed by atoms with Gasteiger partial charge in [-0.3, -0.25) is 0 Å². The van der Waals surface area contributed by atoms with Crippen LogP contribution in [0.2, 0.25) is 10.0 Å². The van der Waals surface area contributed by atoms with Crippen molar-refractivity contribution in [1.82, 2.24) is 0 Å². The fraction of sp³-hybridized carbons (Fsp3) is 0.0769. The van der Waals surface area contributed by atoms with E-state index in [0.29, 0.717) is 6.07 Å². The first-order valence-electron chi connectivity index (χ1n) is 5.44. The molecule has 2 nitrogen and oxygen atoms in total. The number of nitrogens with one attached hydrogen (secondary N) is 1. The van der Waals surface area contributed by atoms with Crippen LogP contribution in [0.25, 0.3) is 0 Å². The summed E-state index contributed by atoms with van der Waals surface area (Å²) in [5, 5.41) is 12.5. The van der Waals surface area contributed by atoms with Gasteiger partial charge < -0.3 is 10.4 Å². The van der Waals surface area contributed by atoms with Gasteiger partial charge in [0.15, 0.2) is 11.6 Å². The molecule has 2 aromatic carbocycles. The summed E-state index contributed by atoms with van der Waals surface area (Å²) in [6.45, 7) is -0.105. The summed E-state index contributed by atoms with van der Waals surface area (Å²) < 4.78 is 39.5. The van der Waals surface area contributed by atoms with E-state index in [-0.39, 0.29) is 33.6 Å². The highest BCUT2D eigenvalue weighted by atomic mass is 35.5. The molecule has 0 aliphatic rings. The van der Waals surface area contributed by atoms with Crippen molar-refractivity contribution in [2.75, 3.05) is 5.32 Å². The Kier molecular flexibility index (Phi) is 4.30. The number of phenolic OH excluding ortho intramolecular Hbond substituents is 1. The summed E-state index contributed by atoms with van der Waals surface area (Å²) >= 11 is 11.5. The Bertz CT molecular complexity index is 607. The molecule has 7 heteroatoms. The number of hydrogen-bond acceptors (Lipinski definition) is 2. The predicted octanol–water partition coefficient (Wildman–Crippen LogP) is 4.73. The second kappa shape index (κ2) is 5.81. The Balaban J connectivity index is 2.26. The lowest BCUT2D eigenvalue weighted by molar-refractivity contribution is 0.469. The van der Waals surface area contributed by atoms with Crippen LogP contribution in [0.3, 0.4) is 0 Å². The van der Waals surface area contributed by atoms with Crippen LogP contribution in [0, 0.1) is 17.5 Å². The van der Waals surface area contributed by atoms with Crippen molar-refractivity contribution in [2.24, 2.45) is 0 Å². The van der Waals surface area contributed by atoms with Crippen molar-refractivity contribution in [1.29, 1.82) is 0 Å². The Labute approximate surface area is 122 Å². The second-order valence-corrected chi connectivity index (χ2v) is 4.84. The Morgan fingerprint density at radius 3 is 2.45 bits per heavy atom. The molecule has 2 aromatic rings. The molecule has 0 saturated carbocycles. The van der Waals surface area contributed by atoms with Gasteiger partial charge in [-0.15, -0.1) is 0 Å². The number of halogens is 5. The van der Waals surface area contributed by atoms with E-state index in [2.05, 4.69) is 5.32 Å². The van der Waals surface area contributed by atoms with E-state index in [1.807, 2.05) is 0 Å². The van der Waals surface area contributed by atoms with Crippen LogP contribution in [0.4, 0.5) is 18.9 Å². The SMILES string of the molecule is Oc1c(Cl)cc(Cl)cc1CNc1cc(F)cc(F)c1F. The molecule has 0 atom stereocenters. The van der Waals surface area contributed by atoms with E-state index >= 15 is 0 Å². The molecule has 0 bridgehead atoms. The lowest BCUT2D eigenvalue weighted by Crippen LogP contribution is -2.04.